The van der Waals surface area contributed by atoms with Crippen molar-refractivity contribution in [1.82, 2.24) is 15.5 Å². The summed E-state index contributed by atoms with van der Waals surface area (Å²) in [7, 11) is 0. The van der Waals surface area contributed by atoms with Gasteiger partial charge in [-0.2, -0.15) is 0 Å². The number of likely N-dealkylation sites (tertiary alicyclic amines) is 1. The summed E-state index contributed by atoms with van der Waals surface area (Å²) in [5.41, 5.74) is 0. The quantitative estimate of drug-likeness (QED) is 0.645. The van der Waals surface area contributed by atoms with Crippen LogP contribution in [0.1, 0.15) is 25.7 Å². The average Bonchev–Trinajstić information content (AvgIpc) is 2.95. The number of piperidine rings is 1. The highest BCUT2D eigenvalue weighted by molar-refractivity contribution is 5.91. The second-order valence-corrected chi connectivity index (χ2v) is 5.32. The molecule has 3 heterocycles. The van der Waals surface area contributed by atoms with E-state index in [4.69, 9.17) is 0 Å². The van der Waals surface area contributed by atoms with E-state index in [0.717, 1.165) is 26.1 Å². The van der Waals surface area contributed by atoms with Crippen LogP contribution in [-0.2, 0) is 9.59 Å². The first kappa shape index (κ1) is 11.0. The van der Waals surface area contributed by atoms with Crippen molar-refractivity contribution in [3.8, 4) is 0 Å². The number of carbonyl (C=O) groups excluding carboxylic acids is 2. The van der Waals surface area contributed by atoms with E-state index in [9.17, 15) is 9.59 Å². The van der Waals surface area contributed by atoms with Crippen LogP contribution in [0.3, 0.4) is 0 Å². The second-order valence-electron chi connectivity index (χ2n) is 5.32. The third kappa shape index (κ3) is 1.92. The van der Waals surface area contributed by atoms with E-state index in [2.05, 4.69) is 10.6 Å². The normalized spacial score (nSPS) is 36.8. The highest BCUT2D eigenvalue weighted by Crippen LogP contribution is 2.27. The summed E-state index contributed by atoms with van der Waals surface area (Å²) >= 11 is 0. The Morgan fingerprint density at radius 3 is 2.94 bits per heavy atom. The molecule has 3 saturated heterocycles. The van der Waals surface area contributed by atoms with Crippen LogP contribution in [0.2, 0.25) is 0 Å². The Morgan fingerprint density at radius 2 is 2.18 bits per heavy atom. The van der Waals surface area contributed by atoms with Crippen molar-refractivity contribution in [2.45, 2.75) is 37.8 Å². The molecule has 0 saturated carbocycles. The van der Waals surface area contributed by atoms with Crippen molar-refractivity contribution in [1.29, 1.82) is 0 Å². The molecule has 3 rings (SSSR count). The highest BCUT2D eigenvalue weighted by atomic mass is 16.2. The van der Waals surface area contributed by atoms with Gasteiger partial charge in [-0.15, -0.1) is 0 Å². The maximum absolute atomic E-state index is 12.4. The van der Waals surface area contributed by atoms with E-state index in [1.54, 1.807) is 0 Å². The van der Waals surface area contributed by atoms with Gasteiger partial charge in [-0.1, -0.05) is 0 Å². The fraction of sp³-hybridized carbons (Fsp3) is 0.833. The largest absolute Gasteiger partial charge is 0.344 e. The van der Waals surface area contributed by atoms with Gasteiger partial charge in [-0.05, 0) is 25.2 Å². The SMILES string of the molecule is O=C1CC[C@H](C(=O)N2CCCC3CNCC32)N1. The molecule has 2 unspecified atom stereocenters. The van der Waals surface area contributed by atoms with E-state index >= 15 is 0 Å². The number of fused-ring (bicyclic) bond motifs is 1. The lowest BCUT2D eigenvalue weighted by Crippen LogP contribution is -2.53. The van der Waals surface area contributed by atoms with Gasteiger partial charge in [0.25, 0.3) is 0 Å². The molecule has 0 aliphatic carbocycles. The molecule has 3 aliphatic heterocycles. The maximum atomic E-state index is 12.4. The molecule has 5 nitrogen and oxygen atoms in total. The first-order chi connectivity index (χ1) is 8.25. The lowest BCUT2D eigenvalue weighted by molar-refractivity contribution is -0.138. The zero-order valence-corrected chi connectivity index (χ0v) is 9.95. The van der Waals surface area contributed by atoms with Crippen molar-refractivity contribution < 1.29 is 9.59 Å². The van der Waals surface area contributed by atoms with Crippen molar-refractivity contribution >= 4 is 11.8 Å². The molecular formula is C12H19N3O2. The van der Waals surface area contributed by atoms with Gasteiger partial charge in [0.05, 0.1) is 0 Å². The van der Waals surface area contributed by atoms with Crippen LogP contribution in [0, 0.1) is 5.92 Å². The predicted octanol–water partition coefficient (Wildman–Crippen LogP) is -0.525. The van der Waals surface area contributed by atoms with Crippen LogP contribution < -0.4 is 10.6 Å². The first-order valence-electron chi connectivity index (χ1n) is 6.56. The average molecular weight is 237 g/mol. The minimum atomic E-state index is -0.262. The Morgan fingerprint density at radius 1 is 1.29 bits per heavy atom. The molecule has 0 aromatic carbocycles. The van der Waals surface area contributed by atoms with Crippen LogP contribution in [0.15, 0.2) is 0 Å². The van der Waals surface area contributed by atoms with Crippen LogP contribution in [0.5, 0.6) is 0 Å². The number of nitrogens with one attached hydrogen (secondary N) is 2. The van der Waals surface area contributed by atoms with Crippen molar-refractivity contribution in [3.63, 3.8) is 0 Å². The van der Waals surface area contributed by atoms with Gasteiger partial charge in [0.15, 0.2) is 0 Å². The molecule has 3 atom stereocenters. The molecule has 0 aromatic rings. The monoisotopic (exact) mass is 237 g/mol. The van der Waals surface area contributed by atoms with Crippen LogP contribution >= 0.6 is 0 Å². The fourth-order valence-electron chi connectivity index (χ4n) is 3.34. The Kier molecular flexibility index (Phi) is 2.78. The standard InChI is InChI=1S/C12H19N3O2/c16-11-4-3-9(14-11)12(17)15-5-1-2-8-6-13-7-10(8)15/h8-10,13H,1-7H2,(H,14,16)/t8?,9-,10?/m1/s1. The zero-order valence-electron chi connectivity index (χ0n) is 9.95. The topological polar surface area (TPSA) is 61.4 Å². The van der Waals surface area contributed by atoms with Crippen molar-refractivity contribution in [2.75, 3.05) is 19.6 Å². The summed E-state index contributed by atoms with van der Waals surface area (Å²) in [5.74, 6) is 0.764. The number of hydrogen-bond donors (Lipinski definition) is 2. The Labute approximate surface area is 101 Å². The molecule has 5 heteroatoms. The Hall–Kier alpha value is -1.10. The van der Waals surface area contributed by atoms with Gasteiger partial charge >= 0.3 is 0 Å². The second kappa shape index (κ2) is 4.29. The van der Waals surface area contributed by atoms with E-state index in [-0.39, 0.29) is 17.9 Å². The third-order valence-electron chi connectivity index (χ3n) is 4.25. The van der Waals surface area contributed by atoms with E-state index in [1.165, 1.54) is 6.42 Å². The van der Waals surface area contributed by atoms with Gasteiger partial charge in [0.2, 0.25) is 11.8 Å². The summed E-state index contributed by atoms with van der Waals surface area (Å²) in [6.45, 7) is 2.80. The summed E-state index contributed by atoms with van der Waals surface area (Å²) in [6, 6.07) is 0.0932. The highest BCUT2D eigenvalue weighted by Gasteiger charge is 2.40. The molecule has 2 amide bonds. The fourth-order valence-corrected chi connectivity index (χ4v) is 3.34. The number of carbonyl (C=O) groups is 2. The molecule has 0 spiro atoms. The Bertz CT molecular complexity index is 345. The minimum Gasteiger partial charge on any atom is -0.344 e. The minimum absolute atomic E-state index is 0.0152. The predicted molar refractivity (Wildman–Crippen MR) is 62.3 cm³/mol. The van der Waals surface area contributed by atoms with Crippen LogP contribution in [-0.4, -0.2) is 48.4 Å². The van der Waals surface area contributed by atoms with Crippen molar-refractivity contribution in [3.05, 3.63) is 0 Å². The molecule has 0 aromatic heterocycles. The zero-order chi connectivity index (χ0) is 11.8. The van der Waals surface area contributed by atoms with Gasteiger partial charge in [0.1, 0.15) is 6.04 Å². The number of hydrogen-bond acceptors (Lipinski definition) is 3. The van der Waals surface area contributed by atoms with Crippen LogP contribution in [0.4, 0.5) is 0 Å². The Balaban J connectivity index is 1.70. The number of rotatable bonds is 1. The molecule has 94 valence electrons. The van der Waals surface area contributed by atoms with Crippen molar-refractivity contribution in [2.24, 2.45) is 5.92 Å². The lowest BCUT2D eigenvalue weighted by atomic mass is 9.91. The first-order valence-corrected chi connectivity index (χ1v) is 6.56. The summed E-state index contributed by atoms with van der Waals surface area (Å²) in [5, 5.41) is 6.15. The van der Waals surface area contributed by atoms with Gasteiger partial charge in [-0.25, -0.2) is 0 Å². The molecular weight excluding hydrogens is 218 g/mol. The van der Waals surface area contributed by atoms with Crippen LogP contribution in [0.25, 0.3) is 0 Å². The third-order valence-corrected chi connectivity index (χ3v) is 4.25. The van der Waals surface area contributed by atoms with E-state index in [0.29, 0.717) is 24.8 Å². The molecule has 3 aliphatic rings. The number of amides is 2. The van der Waals surface area contributed by atoms with Gasteiger partial charge in [-0.3, -0.25) is 9.59 Å². The summed E-state index contributed by atoms with van der Waals surface area (Å²) in [4.78, 5) is 25.6. The molecule has 2 N–H and O–H groups in total. The maximum Gasteiger partial charge on any atom is 0.245 e. The molecule has 0 bridgehead atoms. The van der Waals surface area contributed by atoms with Gasteiger partial charge in [0, 0.05) is 32.1 Å². The number of nitrogens with zero attached hydrogens (tertiary/aromatic N) is 1. The summed E-state index contributed by atoms with van der Waals surface area (Å²) < 4.78 is 0. The smallest absolute Gasteiger partial charge is 0.245 e. The van der Waals surface area contributed by atoms with Gasteiger partial charge < -0.3 is 15.5 Å². The molecule has 17 heavy (non-hydrogen) atoms. The van der Waals surface area contributed by atoms with E-state index in [1.807, 2.05) is 4.90 Å². The summed E-state index contributed by atoms with van der Waals surface area (Å²) in [6.07, 6.45) is 3.48. The van der Waals surface area contributed by atoms with E-state index < -0.39 is 0 Å². The lowest BCUT2D eigenvalue weighted by Gasteiger charge is -2.38. The molecule has 3 fully saturated rings. The molecule has 0 radical (unpaired) electrons.